The molecule has 2 aliphatic rings. The van der Waals surface area contributed by atoms with Crippen LogP contribution in [0.3, 0.4) is 0 Å². The fourth-order valence-electron chi connectivity index (χ4n) is 4.85. The van der Waals surface area contributed by atoms with Crippen LogP contribution in [0.4, 0.5) is 14.5 Å². The average Bonchev–Trinajstić information content (AvgIpc) is 2.82. The molecule has 2 heterocycles. The summed E-state index contributed by atoms with van der Waals surface area (Å²) in [7, 11) is 2.07. The number of amides is 2. The topological polar surface area (TPSA) is 50.3 Å². The van der Waals surface area contributed by atoms with Gasteiger partial charge in [0.15, 0.2) is 11.6 Å². The first-order chi connectivity index (χ1) is 16.7. The highest BCUT2D eigenvalue weighted by Crippen LogP contribution is 2.27. The van der Waals surface area contributed by atoms with Crippen LogP contribution >= 0.6 is 0 Å². The predicted molar refractivity (Wildman–Crippen MR) is 134 cm³/mol. The zero-order chi connectivity index (χ0) is 25.5. The van der Waals surface area contributed by atoms with E-state index in [1.54, 1.807) is 16.7 Å². The van der Waals surface area contributed by atoms with E-state index < -0.39 is 11.6 Å². The lowest BCUT2D eigenvalue weighted by Gasteiger charge is -2.35. The van der Waals surface area contributed by atoms with Crippen molar-refractivity contribution in [2.24, 2.45) is 0 Å². The van der Waals surface area contributed by atoms with Crippen LogP contribution in [0.25, 0.3) is 0 Å². The summed E-state index contributed by atoms with van der Waals surface area (Å²) in [6.45, 7) is 12.6. The van der Waals surface area contributed by atoms with E-state index in [2.05, 4.69) is 35.6 Å². The van der Waals surface area contributed by atoms with Crippen molar-refractivity contribution in [2.75, 3.05) is 70.9 Å². The van der Waals surface area contributed by atoms with Gasteiger partial charge in [-0.25, -0.2) is 8.78 Å². The highest BCUT2D eigenvalue weighted by molar-refractivity contribution is 5.94. The number of hydrogen-bond donors (Lipinski definition) is 0. The number of nitrogens with zero attached hydrogens (tertiary/aromatic N) is 5. The van der Waals surface area contributed by atoms with Gasteiger partial charge in [-0.1, -0.05) is 6.92 Å². The van der Waals surface area contributed by atoms with Gasteiger partial charge in [0, 0.05) is 77.4 Å². The number of anilines is 1. The van der Waals surface area contributed by atoms with E-state index in [-0.39, 0.29) is 24.8 Å². The van der Waals surface area contributed by atoms with Gasteiger partial charge < -0.3 is 19.6 Å². The zero-order valence-corrected chi connectivity index (χ0v) is 21.7. The molecule has 0 bridgehead atoms. The molecule has 0 saturated carbocycles. The minimum Gasteiger partial charge on any atom is -0.337 e. The molecule has 0 atom stereocenters. The maximum atomic E-state index is 14.4. The lowest BCUT2D eigenvalue weighted by molar-refractivity contribution is -0.133. The Bertz CT molecular complexity index is 874. The maximum Gasteiger partial charge on any atom is 0.237 e. The molecule has 1 saturated heterocycles. The van der Waals surface area contributed by atoms with Crippen molar-refractivity contribution in [1.82, 2.24) is 19.6 Å². The van der Waals surface area contributed by atoms with Crippen LogP contribution in [-0.2, 0) is 16.1 Å². The summed E-state index contributed by atoms with van der Waals surface area (Å²) in [5.41, 5.74) is 0.837. The van der Waals surface area contributed by atoms with E-state index in [4.69, 9.17) is 0 Å². The molecule has 0 spiro atoms. The van der Waals surface area contributed by atoms with Gasteiger partial charge in [0.1, 0.15) is 0 Å². The minimum atomic E-state index is -0.983. The number of likely N-dealkylation sites (N-methyl/N-ethyl adjacent to an activating group) is 1. The molecule has 0 aromatic heterocycles. The van der Waals surface area contributed by atoms with E-state index in [9.17, 15) is 18.4 Å². The zero-order valence-electron chi connectivity index (χ0n) is 21.7. The number of hydrogen-bond acceptors (Lipinski definition) is 5. The van der Waals surface area contributed by atoms with Crippen LogP contribution in [0.15, 0.2) is 12.1 Å². The smallest absolute Gasteiger partial charge is 0.237 e. The standard InChI is InChI=1S/C26H41F2N5O2/c1-5-25(34)33-11-7-9-31(20(2)3)8-6-10-32(18-21-16-22(27)23(28)17-24(21)33)26(35)19-30-14-12-29(4)13-15-30/h16-17,20H,5-15,18-19H2,1-4H3. The largest absolute Gasteiger partial charge is 0.337 e. The molecule has 1 fully saturated rings. The second-order valence-electron chi connectivity index (χ2n) is 10.0. The summed E-state index contributed by atoms with van der Waals surface area (Å²) in [6.07, 6.45) is 1.79. The summed E-state index contributed by atoms with van der Waals surface area (Å²) in [6, 6.07) is 2.61. The number of halogens is 2. The van der Waals surface area contributed by atoms with Gasteiger partial charge >= 0.3 is 0 Å². The van der Waals surface area contributed by atoms with E-state index in [0.717, 1.165) is 64.2 Å². The Morgan fingerprint density at radius 3 is 2.14 bits per heavy atom. The fraction of sp³-hybridized carbons (Fsp3) is 0.692. The highest BCUT2D eigenvalue weighted by Gasteiger charge is 2.26. The van der Waals surface area contributed by atoms with E-state index in [1.165, 1.54) is 0 Å². The van der Waals surface area contributed by atoms with Crippen molar-refractivity contribution < 1.29 is 18.4 Å². The monoisotopic (exact) mass is 493 g/mol. The fourth-order valence-corrected chi connectivity index (χ4v) is 4.85. The van der Waals surface area contributed by atoms with Crippen molar-refractivity contribution in [1.29, 1.82) is 0 Å². The second kappa shape index (κ2) is 12.7. The molecule has 0 unspecified atom stereocenters. The van der Waals surface area contributed by atoms with Crippen molar-refractivity contribution in [2.45, 2.75) is 52.6 Å². The third-order valence-corrected chi connectivity index (χ3v) is 7.12. The Hall–Kier alpha value is -2.10. The molecular formula is C26H41F2N5O2. The van der Waals surface area contributed by atoms with Gasteiger partial charge in [-0.3, -0.25) is 14.5 Å². The van der Waals surface area contributed by atoms with E-state index in [1.807, 2.05) is 0 Å². The summed E-state index contributed by atoms with van der Waals surface area (Å²) < 4.78 is 28.7. The quantitative estimate of drug-likeness (QED) is 0.646. The summed E-state index contributed by atoms with van der Waals surface area (Å²) in [5.74, 6) is -2.10. The molecule has 35 heavy (non-hydrogen) atoms. The molecule has 9 heteroatoms. The Morgan fingerprint density at radius 1 is 0.886 bits per heavy atom. The normalized spacial score (nSPS) is 19.9. The number of fused-ring (bicyclic) bond motifs is 1. The lowest BCUT2D eigenvalue weighted by Crippen LogP contribution is -2.49. The maximum absolute atomic E-state index is 14.4. The van der Waals surface area contributed by atoms with Crippen LogP contribution < -0.4 is 4.90 Å². The van der Waals surface area contributed by atoms with Gasteiger partial charge in [0.2, 0.25) is 11.8 Å². The van der Waals surface area contributed by atoms with Crippen molar-refractivity contribution in [3.8, 4) is 0 Å². The summed E-state index contributed by atoms with van der Waals surface area (Å²) in [4.78, 5) is 36.4. The first kappa shape index (κ1) is 27.5. The average molecular weight is 494 g/mol. The van der Waals surface area contributed by atoms with Crippen LogP contribution in [0, 0.1) is 11.6 Å². The molecule has 0 radical (unpaired) electrons. The van der Waals surface area contributed by atoms with E-state index >= 15 is 0 Å². The molecule has 2 amide bonds. The summed E-state index contributed by atoms with van der Waals surface area (Å²) in [5, 5.41) is 0. The second-order valence-corrected chi connectivity index (χ2v) is 10.0. The number of rotatable bonds is 4. The number of benzene rings is 1. The molecule has 196 valence electrons. The van der Waals surface area contributed by atoms with Gasteiger partial charge in [-0.05, 0) is 45.4 Å². The Balaban J connectivity index is 1.92. The minimum absolute atomic E-state index is 0.0215. The summed E-state index contributed by atoms with van der Waals surface area (Å²) >= 11 is 0. The predicted octanol–water partition coefficient (Wildman–Crippen LogP) is 2.79. The first-order valence-electron chi connectivity index (χ1n) is 12.9. The molecule has 7 nitrogen and oxygen atoms in total. The van der Waals surface area contributed by atoms with Crippen LogP contribution in [0.2, 0.25) is 0 Å². The number of carbonyl (C=O) groups excluding carboxylic acids is 2. The van der Waals surface area contributed by atoms with Crippen LogP contribution in [-0.4, -0.2) is 103 Å². The van der Waals surface area contributed by atoms with Gasteiger partial charge in [-0.2, -0.15) is 0 Å². The molecule has 0 N–H and O–H groups in total. The molecule has 1 aromatic carbocycles. The van der Waals surface area contributed by atoms with E-state index in [0.29, 0.717) is 36.9 Å². The molecule has 0 aliphatic carbocycles. The number of piperazine rings is 1. The number of carbonyl (C=O) groups is 2. The third-order valence-electron chi connectivity index (χ3n) is 7.12. The lowest BCUT2D eigenvalue weighted by atomic mass is 10.1. The van der Waals surface area contributed by atoms with Gasteiger partial charge in [0.25, 0.3) is 0 Å². The molecule has 1 aromatic rings. The van der Waals surface area contributed by atoms with Crippen molar-refractivity contribution in [3.05, 3.63) is 29.3 Å². The Labute approximate surface area is 208 Å². The first-order valence-corrected chi connectivity index (χ1v) is 12.9. The van der Waals surface area contributed by atoms with Gasteiger partial charge in [-0.15, -0.1) is 0 Å². The van der Waals surface area contributed by atoms with Gasteiger partial charge in [0.05, 0.1) is 12.2 Å². The molecule has 3 rings (SSSR count). The van der Waals surface area contributed by atoms with Crippen LogP contribution in [0.5, 0.6) is 0 Å². The SMILES string of the molecule is CCC(=O)N1CCCN(C(C)C)CCCN(C(=O)CN2CCN(C)CC2)Cc2cc(F)c(F)cc21. The molecular weight excluding hydrogens is 452 g/mol. The van der Waals surface area contributed by atoms with Crippen molar-refractivity contribution >= 4 is 17.5 Å². The Kier molecular flexibility index (Phi) is 10.0. The Morgan fingerprint density at radius 2 is 1.51 bits per heavy atom. The highest BCUT2D eigenvalue weighted by atomic mass is 19.2. The third kappa shape index (κ3) is 7.44. The van der Waals surface area contributed by atoms with Crippen LogP contribution in [0.1, 0.15) is 45.6 Å². The molecule has 2 aliphatic heterocycles. The van der Waals surface area contributed by atoms with Crippen molar-refractivity contribution in [3.63, 3.8) is 0 Å².